The van der Waals surface area contributed by atoms with Crippen LogP contribution in [0, 0.1) is 11.7 Å². The van der Waals surface area contributed by atoms with Gasteiger partial charge in [-0.05, 0) is 72.3 Å². The van der Waals surface area contributed by atoms with Crippen LogP contribution in [-0.4, -0.2) is 38.4 Å². The first-order valence-corrected chi connectivity index (χ1v) is 9.90. The first-order chi connectivity index (χ1) is 10.5. The van der Waals surface area contributed by atoms with Gasteiger partial charge in [0.2, 0.25) is 10.0 Å². The van der Waals surface area contributed by atoms with Crippen LogP contribution in [0.15, 0.2) is 27.6 Å². The molecular formula is C15H20BrFN2O2S. The smallest absolute Gasteiger partial charge is 0.244 e. The van der Waals surface area contributed by atoms with E-state index in [0.717, 1.165) is 19.4 Å². The second kappa shape index (κ2) is 6.55. The molecule has 2 saturated heterocycles. The molecule has 2 aliphatic heterocycles. The van der Waals surface area contributed by atoms with Crippen molar-refractivity contribution in [3.8, 4) is 0 Å². The third kappa shape index (κ3) is 3.22. The molecule has 0 saturated carbocycles. The third-order valence-corrected chi connectivity index (χ3v) is 7.55. The molecule has 1 atom stereocenters. The summed E-state index contributed by atoms with van der Waals surface area (Å²) < 4.78 is 40.4. The molecule has 2 fully saturated rings. The predicted molar refractivity (Wildman–Crippen MR) is 86.6 cm³/mol. The van der Waals surface area contributed by atoms with Crippen LogP contribution in [0.2, 0.25) is 0 Å². The first-order valence-electron chi connectivity index (χ1n) is 7.67. The highest BCUT2D eigenvalue weighted by molar-refractivity contribution is 9.10. The number of hydrogen-bond donors (Lipinski definition) is 1. The Labute approximate surface area is 139 Å². The van der Waals surface area contributed by atoms with E-state index in [-0.39, 0.29) is 9.37 Å². The minimum atomic E-state index is -3.56. The molecule has 0 amide bonds. The average Bonchev–Trinajstić information content (AvgIpc) is 3.01. The lowest BCUT2D eigenvalue weighted by Crippen LogP contribution is -2.43. The average molecular weight is 391 g/mol. The molecule has 0 bridgehead atoms. The van der Waals surface area contributed by atoms with Gasteiger partial charge >= 0.3 is 0 Å². The van der Waals surface area contributed by atoms with Crippen LogP contribution in [0.3, 0.4) is 0 Å². The number of benzene rings is 1. The third-order valence-electron chi connectivity index (χ3n) is 4.68. The predicted octanol–water partition coefficient (Wildman–Crippen LogP) is 2.74. The van der Waals surface area contributed by atoms with Gasteiger partial charge in [0.1, 0.15) is 5.82 Å². The summed E-state index contributed by atoms with van der Waals surface area (Å²) in [5.41, 5.74) is 0. The van der Waals surface area contributed by atoms with Crippen molar-refractivity contribution in [1.29, 1.82) is 0 Å². The SMILES string of the molecule is O=S(=O)(c1ccc(F)cc1Br)N1CCC(C2CCCN2)CC1. The van der Waals surface area contributed by atoms with Crippen LogP contribution < -0.4 is 5.32 Å². The Morgan fingerprint density at radius 2 is 1.95 bits per heavy atom. The van der Waals surface area contributed by atoms with E-state index in [4.69, 9.17) is 0 Å². The van der Waals surface area contributed by atoms with Gasteiger partial charge in [-0.2, -0.15) is 4.31 Å². The first kappa shape index (κ1) is 16.4. The van der Waals surface area contributed by atoms with Gasteiger partial charge in [-0.3, -0.25) is 0 Å². The second-order valence-electron chi connectivity index (χ2n) is 6.02. The molecule has 7 heteroatoms. The second-order valence-corrected chi connectivity index (χ2v) is 8.78. The maximum absolute atomic E-state index is 13.2. The Kier molecular flexibility index (Phi) is 4.87. The Morgan fingerprint density at radius 3 is 2.55 bits per heavy atom. The normalized spacial score (nSPS) is 24.7. The summed E-state index contributed by atoms with van der Waals surface area (Å²) in [4.78, 5) is 0.145. The van der Waals surface area contributed by atoms with Gasteiger partial charge in [0.05, 0.1) is 4.90 Å². The highest BCUT2D eigenvalue weighted by Crippen LogP contribution is 2.31. The van der Waals surface area contributed by atoms with Crippen molar-refractivity contribution in [2.24, 2.45) is 5.92 Å². The van der Waals surface area contributed by atoms with Crippen molar-refractivity contribution in [2.45, 2.75) is 36.6 Å². The van der Waals surface area contributed by atoms with Crippen molar-refractivity contribution in [3.05, 3.63) is 28.5 Å². The summed E-state index contributed by atoms with van der Waals surface area (Å²) in [6.45, 7) is 2.15. The topological polar surface area (TPSA) is 49.4 Å². The van der Waals surface area contributed by atoms with Crippen molar-refractivity contribution >= 4 is 26.0 Å². The highest BCUT2D eigenvalue weighted by atomic mass is 79.9. The molecule has 4 nitrogen and oxygen atoms in total. The van der Waals surface area contributed by atoms with Crippen LogP contribution >= 0.6 is 15.9 Å². The van der Waals surface area contributed by atoms with Crippen LogP contribution in [0.1, 0.15) is 25.7 Å². The molecule has 2 aliphatic rings. The summed E-state index contributed by atoms with van der Waals surface area (Å²) in [7, 11) is -3.56. The monoisotopic (exact) mass is 390 g/mol. The van der Waals surface area contributed by atoms with Crippen molar-refractivity contribution < 1.29 is 12.8 Å². The fourth-order valence-corrected chi connectivity index (χ4v) is 5.94. The molecule has 0 radical (unpaired) electrons. The number of rotatable bonds is 3. The number of nitrogens with one attached hydrogen (secondary N) is 1. The largest absolute Gasteiger partial charge is 0.314 e. The van der Waals surface area contributed by atoms with E-state index in [1.54, 1.807) is 0 Å². The molecule has 0 aliphatic carbocycles. The van der Waals surface area contributed by atoms with Gasteiger partial charge in [0.15, 0.2) is 0 Å². The number of hydrogen-bond acceptors (Lipinski definition) is 3. The Hall–Kier alpha value is -0.500. The standard InChI is InChI=1S/C15H20BrFN2O2S/c16-13-10-12(17)3-4-15(13)22(20,21)19-8-5-11(6-9-19)14-2-1-7-18-14/h3-4,10-11,14,18H,1-2,5-9H2. The van der Waals surface area contributed by atoms with E-state index < -0.39 is 15.8 Å². The summed E-state index contributed by atoms with van der Waals surface area (Å²) in [5, 5.41) is 3.51. The fourth-order valence-electron chi connectivity index (χ4n) is 3.46. The molecule has 122 valence electrons. The number of halogens is 2. The summed E-state index contributed by atoms with van der Waals surface area (Å²) in [5.74, 6) is 0.113. The van der Waals surface area contributed by atoms with Gasteiger partial charge in [-0.15, -0.1) is 0 Å². The zero-order valence-corrected chi connectivity index (χ0v) is 14.7. The van der Waals surface area contributed by atoms with Gasteiger partial charge in [0.25, 0.3) is 0 Å². The minimum Gasteiger partial charge on any atom is -0.314 e. The lowest BCUT2D eigenvalue weighted by atomic mass is 9.89. The number of sulfonamides is 1. The van der Waals surface area contributed by atoms with Gasteiger partial charge < -0.3 is 5.32 Å². The summed E-state index contributed by atoms with van der Waals surface area (Å²) >= 11 is 3.16. The Bertz CT molecular complexity index is 639. The number of piperidine rings is 1. The molecule has 1 N–H and O–H groups in total. The molecule has 1 aromatic rings. The molecule has 22 heavy (non-hydrogen) atoms. The van der Waals surface area contributed by atoms with Crippen LogP contribution in [0.25, 0.3) is 0 Å². The van der Waals surface area contributed by atoms with Crippen LogP contribution in [0.5, 0.6) is 0 Å². The van der Waals surface area contributed by atoms with Gasteiger partial charge in [-0.1, -0.05) is 0 Å². The van der Waals surface area contributed by atoms with E-state index in [1.165, 1.54) is 35.3 Å². The number of nitrogens with zero attached hydrogens (tertiary/aromatic N) is 1. The zero-order chi connectivity index (χ0) is 15.7. The molecule has 2 heterocycles. The van der Waals surface area contributed by atoms with E-state index in [0.29, 0.717) is 25.0 Å². The molecule has 1 aromatic carbocycles. The summed E-state index contributed by atoms with van der Waals surface area (Å²) in [6, 6.07) is 4.26. The van der Waals surface area contributed by atoms with Crippen LogP contribution in [-0.2, 0) is 10.0 Å². The highest BCUT2D eigenvalue weighted by Gasteiger charge is 2.34. The Balaban J connectivity index is 1.71. The fraction of sp³-hybridized carbons (Fsp3) is 0.600. The maximum Gasteiger partial charge on any atom is 0.244 e. The minimum absolute atomic E-state index is 0.145. The van der Waals surface area contributed by atoms with Crippen molar-refractivity contribution in [2.75, 3.05) is 19.6 Å². The van der Waals surface area contributed by atoms with Gasteiger partial charge in [0, 0.05) is 23.6 Å². The Morgan fingerprint density at radius 1 is 1.23 bits per heavy atom. The van der Waals surface area contributed by atoms with E-state index in [1.807, 2.05) is 0 Å². The molecule has 0 spiro atoms. The maximum atomic E-state index is 13.2. The van der Waals surface area contributed by atoms with E-state index in [9.17, 15) is 12.8 Å². The molecule has 1 unspecified atom stereocenters. The van der Waals surface area contributed by atoms with Crippen molar-refractivity contribution in [1.82, 2.24) is 9.62 Å². The van der Waals surface area contributed by atoms with Crippen LogP contribution in [0.4, 0.5) is 4.39 Å². The quantitative estimate of drug-likeness (QED) is 0.862. The molecular weight excluding hydrogens is 371 g/mol. The summed E-state index contributed by atoms with van der Waals surface area (Å²) in [6.07, 6.45) is 4.18. The lowest BCUT2D eigenvalue weighted by molar-refractivity contribution is 0.234. The lowest BCUT2D eigenvalue weighted by Gasteiger charge is -2.34. The van der Waals surface area contributed by atoms with E-state index >= 15 is 0 Å². The van der Waals surface area contributed by atoms with Crippen molar-refractivity contribution in [3.63, 3.8) is 0 Å². The molecule has 3 rings (SSSR count). The van der Waals surface area contributed by atoms with Gasteiger partial charge in [-0.25, -0.2) is 12.8 Å². The molecule has 0 aromatic heterocycles. The van der Waals surface area contributed by atoms with E-state index in [2.05, 4.69) is 21.2 Å². The zero-order valence-electron chi connectivity index (χ0n) is 12.3.